The fraction of sp³-hybridized carbons (Fsp3) is 0.231. The lowest BCUT2D eigenvalue weighted by molar-refractivity contribution is 0.0713. The minimum Gasteiger partial charge on any atom is -0.459 e. The van der Waals surface area contributed by atoms with Gasteiger partial charge in [-0.15, -0.1) is 0 Å². The predicted molar refractivity (Wildman–Crippen MR) is 130 cm³/mol. The molecule has 0 unspecified atom stereocenters. The molecule has 0 saturated carbocycles. The highest BCUT2D eigenvalue weighted by Crippen LogP contribution is 2.35. The summed E-state index contributed by atoms with van der Waals surface area (Å²) in [6.45, 7) is 5.45. The molecule has 5 rings (SSSR count). The molecule has 1 aliphatic rings. The number of nitrogens with zero attached hydrogens (tertiary/aromatic N) is 3. The van der Waals surface area contributed by atoms with Crippen LogP contribution in [0.3, 0.4) is 0 Å². The quantitative estimate of drug-likeness (QED) is 0.409. The minimum absolute atomic E-state index is 0.122. The van der Waals surface area contributed by atoms with Gasteiger partial charge in [0.1, 0.15) is 0 Å². The largest absolute Gasteiger partial charge is 0.459 e. The number of aromatic nitrogens is 1. The first-order valence-electron chi connectivity index (χ1n) is 11.3. The Morgan fingerprint density at radius 2 is 1.51 bits per heavy atom. The molecule has 0 bridgehead atoms. The molecular weight excluding hydrogens is 466 g/mol. The van der Waals surface area contributed by atoms with E-state index in [2.05, 4.69) is 4.98 Å². The van der Waals surface area contributed by atoms with Crippen molar-refractivity contribution in [3.05, 3.63) is 83.8 Å². The first-order chi connectivity index (χ1) is 16.8. The summed E-state index contributed by atoms with van der Waals surface area (Å²) in [5.74, 6) is 0.508. The van der Waals surface area contributed by atoms with Gasteiger partial charge in [-0.25, -0.2) is 8.42 Å². The zero-order valence-electron chi connectivity index (χ0n) is 19.5. The molecule has 2 aromatic carbocycles. The summed E-state index contributed by atoms with van der Waals surface area (Å²) in [6.07, 6.45) is 1.47. The van der Waals surface area contributed by atoms with Gasteiger partial charge in [-0.1, -0.05) is 35.4 Å². The molecule has 0 N–H and O–H groups in total. The van der Waals surface area contributed by atoms with Crippen LogP contribution in [0, 0.1) is 13.8 Å². The Labute approximate surface area is 203 Å². The smallest absolute Gasteiger partial charge is 0.289 e. The van der Waals surface area contributed by atoms with Crippen molar-refractivity contribution in [2.75, 3.05) is 31.1 Å². The summed E-state index contributed by atoms with van der Waals surface area (Å²) in [5, 5.41) is -0.122. The number of anilines is 1. The number of hydrogen-bond acceptors (Lipinski definition) is 7. The van der Waals surface area contributed by atoms with Crippen LogP contribution in [0.4, 0.5) is 5.88 Å². The molecular formula is C26H25N3O5S. The summed E-state index contributed by atoms with van der Waals surface area (Å²) < 4.78 is 38.5. The van der Waals surface area contributed by atoms with Crippen LogP contribution in [-0.2, 0) is 9.84 Å². The van der Waals surface area contributed by atoms with E-state index < -0.39 is 9.84 Å². The van der Waals surface area contributed by atoms with Crippen LogP contribution in [0.1, 0.15) is 21.7 Å². The molecule has 35 heavy (non-hydrogen) atoms. The number of aryl methyl sites for hydroxylation is 2. The summed E-state index contributed by atoms with van der Waals surface area (Å²) >= 11 is 0. The Morgan fingerprint density at radius 3 is 2.11 bits per heavy atom. The van der Waals surface area contributed by atoms with E-state index in [0.29, 0.717) is 31.7 Å². The van der Waals surface area contributed by atoms with Gasteiger partial charge < -0.3 is 18.6 Å². The second-order valence-electron chi connectivity index (χ2n) is 8.57. The molecule has 180 valence electrons. The second kappa shape index (κ2) is 9.07. The van der Waals surface area contributed by atoms with Crippen molar-refractivity contribution in [1.29, 1.82) is 0 Å². The zero-order valence-corrected chi connectivity index (χ0v) is 20.3. The Hall–Kier alpha value is -3.85. The average Bonchev–Trinajstić information content (AvgIpc) is 3.56. The summed E-state index contributed by atoms with van der Waals surface area (Å²) in [6, 6.07) is 17.5. The Balaban J connectivity index is 1.49. The predicted octanol–water partition coefficient (Wildman–Crippen LogP) is 4.35. The SMILES string of the molecule is Cc1ccc(-c2nc(S(=O)(=O)c3ccc(C)cc3)c(N3CCN(C(=O)c4ccco4)CC3)o2)cc1. The van der Waals surface area contributed by atoms with Crippen molar-refractivity contribution in [2.24, 2.45) is 0 Å². The van der Waals surface area contributed by atoms with Crippen LogP contribution in [-0.4, -0.2) is 50.4 Å². The van der Waals surface area contributed by atoms with E-state index in [0.717, 1.165) is 11.1 Å². The van der Waals surface area contributed by atoms with Gasteiger partial charge in [0.25, 0.3) is 5.91 Å². The van der Waals surface area contributed by atoms with E-state index in [1.54, 1.807) is 41.3 Å². The van der Waals surface area contributed by atoms with Gasteiger partial charge in [0.05, 0.1) is 11.2 Å². The number of hydrogen-bond donors (Lipinski definition) is 0. The average molecular weight is 492 g/mol. The molecule has 1 saturated heterocycles. The Kier molecular flexibility index (Phi) is 5.94. The molecule has 3 heterocycles. The molecule has 2 aromatic heterocycles. The lowest BCUT2D eigenvalue weighted by Crippen LogP contribution is -2.49. The van der Waals surface area contributed by atoms with Gasteiger partial charge in [-0.3, -0.25) is 4.79 Å². The van der Waals surface area contributed by atoms with Crippen molar-refractivity contribution >= 4 is 21.6 Å². The van der Waals surface area contributed by atoms with E-state index in [4.69, 9.17) is 8.83 Å². The lowest BCUT2D eigenvalue weighted by atomic mass is 10.1. The van der Waals surface area contributed by atoms with Crippen molar-refractivity contribution < 1.29 is 22.0 Å². The maximum atomic E-state index is 13.6. The topological polar surface area (TPSA) is 96.9 Å². The Bertz CT molecular complexity index is 1430. The van der Waals surface area contributed by atoms with Crippen molar-refractivity contribution in [2.45, 2.75) is 23.8 Å². The molecule has 9 heteroatoms. The van der Waals surface area contributed by atoms with Crippen LogP contribution in [0.2, 0.25) is 0 Å². The maximum absolute atomic E-state index is 13.6. The number of sulfone groups is 1. The minimum atomic E-state index is -3.94. The van der Waals surface area contributed by atoms with Crippen LogP contribution in [0.5, 0.6) is 0 Å². The Morgan fingerprint density at radius 1 is 0.886 bits per heavy atom. The van der Waals surface area contributed by atoms with E-state index in [1.165, 1.54) is 6.26 Å². The monoisotopic (exact) mass is 491 g/mol. The second-order valence-corrected chi connectivity index (χ2v) is 10.4. The van der Waals surface area contributed by atoms with Crippen molar-refractivity contribution in [1.82, 2.24) is 9.88 Å². The fourth-order valence-corrected chi connectivity index (χ4v) is 5.31. The number of carbonyl (C=O) groups is 1. The third-order valence-electron chi connectivity index (χ3n) is 6.05. The normalized spacial score (nSPS) is 14.3. The standard InChI is InChI=1S/C26H25N3O5S/c1-18-5-9-20(10-6-18)23-27-24(35(31,32)21-11-7-19(2)8-12-21)26(34-23)29-15-13-28(14-16-29)25(30)22-4-3-17-33-22/h3-12,17H,13-16H2,1-2H3. The van der Waals surface area contributed by atoms with Gasteiger partial charge in [0.15, 0.2) is 5.76 Å². The number of furan rings is 1. The molecule has 8 nitrogen and oxygen atoms in total. The lowest BCUT2D eigenvalue weighted by Gasteiger charge is -2.34. The van der Waals surface area contributed by atoms with Gasteiger partial charge in [-0.2, -0.15) is 4.98 Å². The first kappa shape index (κ1) is 22.9. The van der Waals surface area contributed by atoms with Gasteiger partial charge in [0.2, 0.25) is 26.6 Å². The highest BCUT2D eigenvalue weighted by molar-refractivity contribution is 7.91. The number of oxazole rings is 1. The molecule has 1 fully saturated rings. The van der Waals surface area contributed by atoms with Crippen LogP contribution in [0.15, 0.2) is 85.7 Å². The van der Waals surface area contributed by atoms with Crippen LogP contribution >= 0.6 is 0 Å². The third-order valence-corrected chi connectivity index (χ3v) is 7.72. The summed E-state index contributed by atoms with van der Waals surface area (Å²) in [4.78, 5) is 20.8. The number of carbonyl (C=O) groups excluding carboxylic acids is 1. The third kappa shape index (κ3) is 4.46. The zero-order chi connectivity index (χ0) is 24.6. The molecule has 0 aliphatic carbocycles. The van der Waals surface area contributed by atoms with E-state index in [9.17, 15) is 13.2 Å². The first-order valence-corrected chi connectivity index (χ1v) is 12.8. The van der Waals surface area contributed by atoms with Crippen LogP contribution < -0.4 is 4.90 Å². The van der Waals surface area contributed by atoms with Gasteiger partial charge in [0, 0.05) is 31.7 Å². The summed E-state index contributed by atoms with van der Waals surface area (Å²) in [7, 11) is -3.94. The molecule has 1 amide bonds. The molecule has 0 spiro atoms. The molecule has 1 aliphatic heterocycles. The fourth-order valence-electron chi connectivity index (χ4n) is 3.99. The van der Waals surface area contributed by atoms with Crippen LogP contribution in [0.25, 0.3) is 11.5 Å². The highest BCUT2D eigenvalue weighted by Gasteiger charge is 2.34. The number of piperazine rings is 1. The molecule has 0 atom stereocenters. The maximum Gasteiger partial charge on any atom is 0.289 e. The van der Waals surface area contributed by atoms with Crippen molar-refractivity contribution in [3.8, 4) is 11.5 Å². The van der Waals surface area contributed by atoms with Gasteiger partial charge >= 0.3 is 0 Å². The van der Waals surface area contributed by atoms with Gasteiger partial charge in [-0.05, 0) is 50.2 Å². The number of benzene rings is 2. The van der Waals surface area contributed by atoms with E-state index >= 15 is 0 Å². The highest BCUT2D eigenvalue weighted by atomic mass is 32.2. The molecule has 0 radical (unpaired) electrons. The number of rotatable bonds is 5. The van der Waals surface area contributed by atoms with E-state index in [1.807, 2.05) is 43.0 Å². The van der Waals surface area contributed by atoms with E-state index in [-0.39, 0.29) is 33.4 Å². The number of amides is 1. The summed E-state index contributed by atoms with van der Waals surface area (Å²) in [5.41, 5.74) is 2.72. The van der Waals surface area contributed by atoms with Crippen molar-refractivity contribution in [3.63, 3.8) is 0 Å². The molecule has 4 aromatic rings.